The van der Waals surface area contributed by atoms with Gasteiger partial charge in [0.1, 0.15) is 10.6 Å². The molecule has 1 aliphatic heterocycles. The fourth-order valence-electron chi connectivity index (χ4n) is 3.06. The monoisotopic (exact) mass is 395 g/mol. The molecule has 0 radical (unpaired) electrons. The van der Waals surface area contributed by atoms with Crippen molar-refractivity contribution in [2.45, 2.75) is 31.1 Å². The number of sulfonamides is 1. The predicted molar refractivity (Wildman–Crippen MR) is 102 cm³/mol. The number of halogens is 1. The lowest BCUT2D eigenvalue weighted by Gasteiger charge is -2.25. The van der Waals surface area contributed by atoms with Gasteiger partial charge < -0.3 is 9.88 Å². The molecule has 1 aliphatic rings. The van der Waals surface area contributed by atoms with Crippen LogP contribution in [0.3, 0.4) is 0 Å². The third-order valence-corrected chi connectivity index (χ3v) is 6.71. The van der Waals surface area contributed by atoms with Crippen LogP contribution >= 0.6 is 11.6 Å². The van der Waals surface area contributed by atoms with Crippen molar-refractivity contribution in [3.05, 3.63) is 46.7 Å². The summed E-state index contributed by atoms with van der Waals surface area (Å²) in [7, 11) is -1.92. The number of hydrogen-bond donors (Lipinski definition) is 1. The second kappa shape index (κ2) is 7.42. The maximum absolute atomic E-state index is 12.8. The number of aryl methyl sites for hydroxylation is 2. The molecule has 140 valence electrons. The number of carbonyl (C=O) groups is 1. The second-order valence-corrected chi connectivity index (χ2v) is 8.92. The van der Waals surface area contributed by atoms with Crippen LogP contribution in [0.2, 0.25) is 5.02 Å². The second-order valence-electron chi connectivity index (χ2n) is 6.57. The third-order valence-electron chi connectivity index (χ3n) is 4.54. The van der Waals surface area contributed by atoms with Crippen molar-refractivity contribution in [1.82, 2.24) is 8.87 Å². The molecule has 2 aromatic rings. The first-order valence-corrected chi connectivity index (χ1v) is 10.3. The van der Waals surface area contributed by atoms with Gasteiger partial charge in [0.05, 0.1) is 10.7 Å². The molecule has 1 saturated heterocycles. The van der Waals surface area contributed by atoms with E-state index in [9.17, 15) is 13.2 Å². The van der Waals surface area contributed by atoms with Crippen LogP contribution < -0.4 is 5.32 Å². The van der Waals surface area contributed by atoms with Crippen LogP contribution in [0.15, 0.2) is 35.4 Å². The molecule has 8 heteroatoms. The normalized spacial score (nSPS) is 15.8. The van der Waals surface area contributed by atoms with Crippen molar-refractivity contribution in [2.24, 2.45) is 7.05 Å². The minimum atomic E-state index is -3.58. The lowest BCUT2D eigenvalue weighted by atomic mass is 10.2. The highest BCUT2D eigenvalue weighted by molar-refractivity contribution is 7.89. The van der Waals surface area contributed by atoms with Crippen molar-refractivity contribution in [3.63, 3.8) is 0 Å². The van der Waals surface area contributed by atoms with Crippen LogP contribution in [-0.2, 0) is 17.1 Å². The van der Waals surface area contributed by atoms with Gasteiger partial charge in [0.2, 0.25) is 10.0 Å². The minimum absolute atomic E-state index is 0.141. The summed E-state index contributed by atoms with van der Waals surface area (Å²) in [6, 6.07) is 6.75. The molecule has 6 nitrogen and oxygen atoms in total. The van der Waals surface area contributed by atoms with Crippen LogP contribution in [0.4, 0.5) is 5.69 Å². The average Bonchev–Trinajstić information content (AvgIpc) is 3.01. The van der Waals surface area contributed by atoms with E-state index in [1.807, 2.05) is 13.0 Å². The summed E-state index contributed by atoms with van der Waals surface area (Å²) < 4.78 is 28.6. The fraction of sp³-hybridized carbons (Fsp3) is 0.389. The average molecular weight is 396 g/mol. The van der Waals surface area contributed by atoms with Gasteiger partial charge in [-0.2, -0.15) is 4.31 Å². The molecule has 0 unspecified atom stereocenters. The molecule has 3 rings (SSSR count). The molecule has 2 heterocycles. The van der Waals surface area contributed by atoms with Gasteiger partial charge in [-0.3, -0.25) is 4.79 Å². The molecule has 0 spiro atoms. The Balaban J connectivity index is 1.84. The van der Waals surface area contributed by atoms with Crippen LogP contribution in [0.25, 0.3) is 0 Å². The summed E-state index contributed by atoms with van der Waals surface area (Å²) in [5, 5.41) is 3.18. The van der Waals surface area contributed by atoms with E-state index in [1.54, 1.807) is 19.2 Å². The topological polar surface area (TPSA) is 71.4 Å². The Morgan fingerprint density at radius 2 is 1.85 bits per heavy atom. The first kappa shape index (κ1) is 18.9. The number of aromatic nitrogens is 1. The summed E-state index contributed by atoms with van der Waals surface area (Å²) in [5.74, 6) is -0.404. The molecule has 0 aliphatic carbocycles. The van der Waals surface area contributed by atoms with Crippen molar-refractivity contribution in [2.75, 3.05) is 18.4 Å². The molecular weight excluding hydrogens is 374 g/mol. The quantitative estimate of drug-likeness (QED) is 0.862. The van der Waals surface area contributed by atoms with E-state index < -0.39 is 15.9 Å². The van der Waals surface area contributed by atoms with Gasteiger partial charge in [0.15, 0.2) is 0 Å². The highest BCUT2D eigenvalue weighted by Crippen LogP contribution is 2.25. The van der Waals surface area contributed by atoms with Crippen LogP contribution in [0.5, 0.6) is 0 Å². The predicted octanol–water partition coefficient (Wildman–Crippen LogP) is 3.41. The number of nitrogens with zero attached hydrogens (tertiary/aromatic N) is 2. The third kappa shape index (κ3) is 3.79. The lowest BCUT2D eigenvalue weighted by molar-refractivity contribution is 0.101. The maximum atomic E-state index is 12.8. The van der Waals surface area contributed by atoms with Crippen molar-refractivity contribution < 1.29 is 13.2 Å². The zero-order chi connectivity index (χ0) is 18.9. The molecule has 1 aromatic carbocycles. The number of benzene rings is 1. The number of hydrogen-bond acceptors (Lipinski definition) is 3. The van der Waals surface area contributed by atoms with Crippen molar-refractivity contribution in [3.8, 4) is 0 Å². The van der Waals surface area contributed by atoms with Crippen molar-refractivity contribution in [1.29, 1.82) is 0 Å². The number of amides is 1. The Kier molecular flexibility index (Phi) is 5.41. The van der Waals surface area contributed by atoms with Gasteiger partial charge >= 0.3 is 0 Å². The molecule has 1 amide bonds. The number of piperidine rings is 1. The van der Waals surface area contributed by atoms with Gasteiger partial charge in [0, 0.05) is 26.3 Å². The molecule has 26 heavy (non-hydrogen) atoms. The van der Waals surface area contributed by atoms with E-state index in [4.69, 9.17) is 11.6 Å². The molecule has 0 bridgehead atoms. The molecule has 0 saturated carbocycles. The molecule has 1 aromatic heterocycles. The van der Waals surface area contributed by atoms with Gasteiger partial charge in [-0.05, 0) is 43.5 Å². The Bertz CT molecular complexity index is 931. The van der Waals surface area contributed by atoms with E-state index in [0.29, 0.717) is 23.8 Å². The number of carbonyl (C=O) groups excluding carboxylic acids is 1. The molecular formula is C18H22ClN3O3S. The number of nitrogens with one attached hydrogen (secondary N) is 1. The van der Waals surface area contributed by atoms with Gasteiger partial charge in [-0.25, -0.2) is 8.42 Å². The summed E-state index contributed by atoms with van der Waals surface area (Å²) in [6.07, 6.45) is 4.26. The van der Waals surface area contributed by atoms with E-state index in [2.05, 4.69) is 5.32 Å². The number of anilines is 1. The van der Waals surface area contributed by atoms with Gasteiger partial charge in [-0.15, -0.1) is 0 Å². The fourth-order valence-corrected chi connectivity index (χ4v) is 4.93. The Morgan fingerprint density at radius 3 is 2.50 bits per heavy atom. The Hall–Kier alpha value is -1.83. The standard InChI is InChI=1S/C18H22ClN3O3S/c1-13-6-7-16(15(19)10-13)20-18(23)17-11-14(12-21(17)2)26(24,25)22-8-4-3-5-9-22/h6-7,10-12H,3-5,8-9H2,1-2H3,(H,20,23). The van der Waals surface area contributed by atoms with E-state index in [-0.39, 0.29) is 10.6 Å². The van der Waals surface area contributed by atoms with Crippen LogP contribution in [0.1, 0.15) is 35.3 Å². The van der Waals surface area contributed by atoms with E-state index >= 15 is 0 Å². The van der Waals surface area contributed by atoms with E-state index in [1.165, 1.54) is 21.1 Å². The number of rotatable bonds is 4. The zero-order valence-electron chi connectivity index (χ0n) is 14.8. The Morgan fingerprint density at radius 1 is 1.15 bits per heavy atom. The minimum Gasteiger partial charge on any atom is -0.345 e. The van der Waals surface area contributed by atoms with Gasteiger partial charge in [0.25, 0.3) is 5.91 Å². The summed E-state index contributed by atoms with van der Waals surface area (Å²) in [4.78, 5) is 12.7. The summed E-state index contributed by atoms with van der Waals surface area (Å²) >= 11 is 6.16. The summed E-state index contributed by atoms with van der Waals surface area (Å²) in [6.45, 7) is 2.96. The first-order valence-electron chi connectivity index (χ1n) is 8.53. The highest BCUT2D eigenvalue weighted by Gasteiger charge is 2.28. The smallest absolute Gasteiger partial charge is 0.272 e. The lowest BCUT2D eigenvalue weighted by Crippen LogP contribution is -2.35. The SMILES string of the molecule is Cc1ccc(NC(=O)c2cc(S(=O)(=O)N3CCCCC3)cn2C)c(Cl)c1. The van der Waals surface area contributed by atoms with Crippen molar-refractivity contribution >= 4 is 33.2 Å². The molecule has 1 fully saturated rings. The molecule has 0 atom stereocenters. The first-order chi connectivity index (χ1) is 12.3. The largest absolute Gasteiger partial charge is 0.345 e. The molecule has 1 N–H and O–H groups in total. The maximum Gasteiger partial charge on any atom is 0.272 e. The van der Waals surface area contributed by atoms with Gasteiger partial charge in [-0.1, -0.05) is 24.1 Å². The van der Waals surface area contributed by atoms with Crippen LogP contribution in [0, 0.1) is 6.92 Å². The summed E-state index contributed by atoms with van der Waals surface area (Å²) in [5.41, 5.74) is 1.74. The van der Waals surface area contributed by atoms with E-state index in [0.717, 1.165) is 24.8 Å². The zero-order valence-corrected chi connectivity index (χ0v) is 16.4. The highest BCUT2D eigenvalue weighted by atomic mass is 35.5. The Labute approximate surface area is 158 Å². The van der Waals surface area contributed by atoms with Crippen LogP contribution in [-0.4, -0.2) is 36.3 Å².